The molecule has 0 amide bonds. The van der Waals surface area contributed by atoms with Gasteiger partial charge >= 0.3 is 12.4 Å². The van der Waals surface area contributed by atoms with Gasteiger partial charge in [-0.15, -0.1) is 0 Å². The summed E-state index contributed by atoms with van der Waals surface area (Å²) in [6, 6.07) is 4.89. The third kappa shape index (κ3) is 3.96. The Kier molecular flexibility index (Phi) is 5.40. The quantitative estimate of drug-likeness (QED) is 0.262. The van der Waals surface area contributed by atoms with E-state index in [1.165, 1.54) is 0 Å². The molecule has 2 aromatic carbocycles. The molecule has 1 unspecified atom stereocenters. The number of hydrogen-bond donors (Lipinski definition) is 0. The maximum absolute atomic E-state index is 14.1. The van der Waals surface area contributed by atoms with Crippen molar-refractivity contribution in [3.05, 3.63) is 73.6 Å². The van der Waals surface area contributed by atoms with Gasteiger partial charge in [0.05, 0.1) is 16.5 Å². The number of alkyl halides is 6. The van der Waals surface area contributed by atoms with Crippen LogP contribution in [0, 0.1) is 11.0 Å². The zero-order valence-corrected chi connectivity index (χ0v) is 16.5. The fourth-order valence-electron chi connectivity index (χ4n) is 3.27. The number of halogens is 9. The highest BCUT2D eigenvalue weighted by atomic mass is 79.9. The SMILES string of the molecule is [O-][N+]1=C(c2ccc(F)c(Br)c2)CC(c2cc(Cl)cc(C(F)(F)F)c2)(C(F)(F)F)C1. The van der Waals surface area contributed by atoms with Crippen molar-refractivity contribution in [2.24, 2.45) is 0 Å². The van der Waals surface area contributed by atoms with Crippen molar-refractivity contribution in [3.8, 4) is 0 Å². The van der Waals surface area contributed by atoms with Crippen LogP contribution in [0.25, 0.3) is 0 Å². The Morgan fingerprint density at radius 2 is 1.69 bits per heavy atom. The lowest BCUT2D eigenvalue weighted by molar-refractivity contribution is -0.465. The van der Waals surface area contributed by atoms with Crippen molar-refractivity contribution in [1.82, 2.24) is 0 Å². The predicted octanol–water partition coefficient (Wildman–Crippen LogP) is 6.46. The number of rotatable bonds is 2. The van der Waals surface area contributed by atoms with E-state index in [9.17, 15) is 35.9 Å². The summed E-state index contributed by atoms with van der Waals surface area (Å²) in [6.07, 6.45) is -10.9. The molecule has 29 heavy (non-hydrogen) atoms. The van der Waals surface area contributed by atoms with Gasteiger partial charge in [0.25, 0.3) is 0 Å². The average Bonchev–Trinajstić information content (AvgIpc) is 2.95. The Balaban J connectivity index is 2.15. The lowest BCUT2D eigenvalue weighted by Gasteiger charge is -2.30. The van der Waals surface area contributed by atoms with Crippen molar-refractivity contribution in [3.63, 3.8) is 0 Å². The largest absolute Gasteiger partial charge is 0.624 e. The summed E-state index contributed by atoms with van der Waals surface area (Å²) in [5, 5.41) is 11.9. The summed E-state index contributed by atoms with van der Waals surface area (Å²) >= 11 is 8.55. The Bertz CT molecular complexity index is 1000. The maximum atomic E-state index is 14.1. The first-order valence-electron chi connectivity index (χ1n) is 7.95. The molecule has 1 atom stereocenters. The molecule has 11 heteroatoms. The number of nitrogens with zero attached hydrogens (tertiary/aromatic N) is 1. The molecule has 0 fully saturated rings. The van der Waals surface area contributed by atoms with Crippen molar-refractivity contribution in [2.45, 2.75) is 24.2 Å². The van der Waals surface area contributed by atoms with Gasteiger partial charge in [-0.1, -0.05) is 11.6 Å². The molecule has 1 heterocycles. The summed E-state index contributed by atoms with van der Waals surface area (Å²) in [5.74, 6) is -0.684. The summed E-state index contributed by atoms with van der Waals surface area (Å²) in [6.45, 7) is -1.15. The minimum Gasteiger partial charge on any atom is -0.624 e. The molecule has 2 aromatic rings. The third-order valence-corrected chi connectivity index (χ3v) is 5.58. The van der Waals surface area contributed by atoms with E-state index in [0.29, 0.717) is 12.1 Å². The van der Waals surface area contributed by atoms with E-state index in [-0.39, 0.29) is 20.5 Å². The minimum atomic E-state index is -5.05. The molecular formula is C18H10BrClF7NO. The number of benzene rings is 2. The highest BCUT2D eigenvalue weighted by Crippen LogP contribution is 2.49. The predicted molar refractivity (Wildman–Crippen MR) is 95.5 cm³/mol. The van der Waals surface area contributed by atoms with Crippen LogP contribution in [0.3, 0.4) is 0 Å². The molecule has 0 saturated heterocycles. The molecule has 1 aliphatic rings. The fourth-order valence-corrected chi connectivity index (χ4v) is 3.88. The molecule has 0 radical (unpaired) electrons. The molecule has 0 aliphatic carbocycles. The van der Waals surface area contributed by atoms with E-state index in [1.807, 2.05) is 0 Å². The second-order valence-corrected chi connectivity index (χ2v) is 7.89. The van der Waals surface area contributed by atoms with Crippen molar-refractivity contribution in [2.75, 3.05) is 6.54 Å². The van der Waals surface area contributed by atoms with E-state index >= 15 is 0 Å². The van der Waals surface area contributed by atoms with Gasteiger partial charge in [0.1, 0.15) is 5.82 Å². The van der Waals surface area contributed by atoms with E-state index in [0.717, 1.165) is 24.3 Å². The first-order valence-corrected chi connectivity index (χ1v) is 9.12. The number of hydroxylamine groups is 1. The standard InChI is InChI=1S/C18H10BrClF7NO/c19-13-3-9(1-2-14(13)21)15-7-16(8-28(15)29,18(25,26)27)10-4-11(17(22,23)24)6-12(20)5-10/h1-6H,7-8H2. The van der Waals surface area contributed by atoms with Gasteiger partial charge in [-0.3, -0.25) is 0 Å². The van der Waals surface area contributed by atoms with Crippen LogP contribution in [0.2, 0.25) is 5.02 Å². The highest BCUT2D eigenvalue weighted by molar-refractivity contribution is 9.10. The molecule has 2 nitrogen and oxygen atoms in total. The zero-order chi connectivity index (χ0) is 21.8. The van der Waals surface area contributed by atoms with Crippen LogP contribution in [-0.2, 0) is 11.6 Å². The second kappa shape index (κ2) is 7.16. The lowest BCUT2D eigenvalue weighted by Crippen LogP contribution is -2.45. The minimum absolute atomic E-state index is 0.0254. The van der Waals surface area contributed by atoms with Crippen LogP contribution in [0.1, 0.15) is 23.1 Å². The summed E-state index contributed by atoms with van der Waals surface area (Å²) in [5.41, 5.74) is -5.31. The molecule has 3 rings (SSSR count). The monoisotopic (exact) mass is 503 g/mol. The van der Waals surface area contributed by atoms with Crippen LogP contribution in [0.5, 0.6) is 0 Å². The zero-order valence-electron chi connectivity index (χ0n) is 14.1. The van der Waals surface area contributed by atoms with Crippen LogP contribution in [0.15, 0.2) is 40.9 Å². The molecule has 0 spiro atoms. The summed E-state index contributed by atoms with van der Waals surface area (Å²) in [4.78, 5) is 0. The Labute approximate surface area is 173 Å². The molecular weight excluding hydrogens is 495 g/mol. The Hall–Kier alpha value is -1.81. The maximum Gasteiger partial charge on any atom is 0.416 e. The smallest absolute Gasteiger partial charge is 0.416 e. The van der Waals surface area contributed by atoms with Gasteiger partial charge in [0.15, 0.2) is 17.7 Å². The van der Waals surface area contributed by atoms with Gasteiger partial charge < -0.3 is 5.21 Å². The van der Waals surface area contributed by atoms with E-state index < -0.39 is 52.7 Å². The van der Waals surface area contributed by atoms with Crippen LogP contribution in [0.4, 0.5) is 30.7 Å². The van der Waals surface area contributed by atoms with Crippen molar-refractivity contribution >= 4 is 33.2 Å². The summed E-state index contributed by atoms with van der Waals surface area (Å²) in [7, 11) is 0. The van der Waals surface area contributed by atoms with E-state index in [4.69, 9.17) is 11.6 Å². The van der Waals surface area contributed by atoms with Gasteiger partial charge in [-0.2, -0.15) is 26.3 Å². The summed E-state index contributed by atoms with van der Waals surface area (Å²) < 4.78 is 95.0. The average molecular weight is 505 g/mol. The van der Waals surface area contributed by atoms with Crippen molar-refractivity contribution < 1.29 is 35.5 Å². The van der Waals surface area contributed by atoms with Crippen LogP contribution < -0.4 is 0 Å². The van der Waals surface area contributed by atoms with Crippen molar-refractivity contribution in [1.29, 1.82) is 0 Å². The third-order valence-electron chi connectivity index (χ3n) is 4.76. The first kappa shape index (κ1) is 21.9. The van der Waals surface area contributed by atoms with Gasteiger partial charge in [0, 0.05) is 10.6 Å². The van der Waals surface area contributed by atoms with Crippen LogP contribution >= 0.6 is 27.5 Å². The Morgan fingerprint density at radius 3 is 2.24 bits per heavy atom. The van der Waals surface area contributed by atoms with E-state index in [2.05, 4.69) is 15.9 Å². The Morgan fingerprint density at radius 1 is 1.03 bits per heavy atom. The highest BCUT2D eigenvalue weighted by Gasteiger charge is 2.63. The van der Waals surface area contributed by atoms with Gasteiger partial charge in [-0.05, 0) is 57.9 Å². The first-order chi connectivity index (χ1) is 13.2. The molecule has 1 aliphatic heterocycles. The van der Waals surface area contributed by atoms with E-state index in [1.54, 1.807) is 0 Å². The van der Waals surface area contributed by atoms with Gasteiger partial charge in [-0.25, -0.2) is 9.13 Å². The molecule has 0 aromatic heterocycles. The fraction of sp³-hybridized carbons (Fsp3) is 0.278. The number of hydrogen-bond acceptors (Lipinski definition) is 1. The molecule has 0 bridgehead atoms. The van der Waals surface area contributed by atoms with Crippen LogP contribution in [-0.4, -0.2) is 23.2 Å². The molecule has 0 saturated carbocycles. The molecule has 156 valence electrons. The lowest BCUT2D eigenvalue weighted by atomic mass is 9.76. The topological polar surface area (TPSA) is 26.1 Å². The van der Waals surface area contributed by atoms with Gasteiger partial charge in [0.2, 0.25) is 0 Å². The normalized spacial score (nSPS) is 20.4. The second-order valence-electron chi connectivity index (χ2n) is 6.60. The molecule has 0 N–H and O–H groups in total.